The van der Waals surface area contributed by atoms with Crippen molar-refractivity contribution in [3.05, 3.63) is 120 Å². The molecule has 137 heavy (non-hydrogen) atoms. The van der Waals surface area contributed by atoms with Crippen LogP contribution in [0, 0.1) is 5.92 Å². The molecule has 15 atom stereocenters. The Morgan fingerprint density at radius 1 is 0.591 bits per heavy atom. The summed E-state index contributed by atoms with van der Waals surface area (Å²) in [5, 5.41) is 55.9. The standard InChI is InChI=1S/C92H128F2N22O20S/c1-8-10-23-71(112(6)91(136)73(24-11-9-2)113(7)87(132)67(35-54-41-101-62-21-15-13-19-59(54)62)108-83(128)69(45-117)110-79(124)60(96)34-53-40-100-61-20-14-12-18-58(53)61)84(129)105-63(22-16-30-95)81(126)111-70(80(125)102-43-77(98)122)46-137-47-78(123)104-66(33-52-26-28-56(119)29-27-52)90(135)116-48-92(93,94)39-75(116)86(131)109-68(38-76(97)121)88(133)114-31-17-25-72(114)85(130)106-64(36-55-42-99-49-103-55)82(127)107-65(32-50(3)4)89(134)115-44-57(120)37-74(115)51(5)118/h12-15,18-21,26-29,40-42,49-50,57,60,63-75,100-101,117,119-120H,8-11,16-17,22-25,30-39,43-48,95-96H2,1-7H3,(H2,97,121)(H2,98,122)(H,99,103)(H,102,125)(H,104,123)(H,105,129)(H,106,130)(H,107,127)(H,108,128)(H,109,131)(H,110,124)(H,111,126)/t57-,60+,63+,64+,65+,66+,67+,68+,69+,70+,71+,72+,73+,74+,75+/m1/s1. The number of nitrogens with one attached hydrogen (secondary N) is 12. The fraction of sp³-hybridized carbons (Fsp3) is 0.543. The van der Waals surface area contributed by atoms with Gasteiger partial charge in [0, 0.05) is 111 Å². The van der Waals surface area contributed by atoms with Crippen molar-refractivity contribution in [1.29, 1.82) is 0 Å². The van der Waals surface area contributed by atoms with Crippen molar-refractivity contribution >= 4 is 134 Å². The number of Topliss-reactive ketones (excluding diaryl/α,β-unsaturated/α-hetero) is 1. The smallest absolute Gasteiger partial charge is 0.267 e. The maximum absolute atomic E-state index is 16.0. The van der Waals surface area contributed by atoms with Crippen LogP contribution in [-0.2, 0) is 107 Å². The average Bonchev–Trinajstić information content (AvgIpc) is 1.62. The number of ketones is 1. The molecule has 6 heterocycles. The number of amides is 16. The Kier molecular flexibility index (Phi) is 39.8. The zero-order chi connectivity index (χ0) is 100. The van der Waals surface area contributed by atoms with Crippen molar-refractivity contribution in [2.24, 2.45) is 28.9 Å². The van der Waals surface area contributed by atoms with Crippen LogP contribution < -0.4 is 70.8 Å². The number of carbonyl (C=O) groups excluding carboxylic acids is 17. The highest BCUT2D eigenvalue weighted by Gasteiger charge is 2.53. The molecule has 0 aliphatic carbocycles. The Bertz CT molecular complexity index is 5260. The fourth-order valence-electron chi connectivity index (χ4n) is 17.2. The second kappa shape index (κ2) is 50.7. The van der Waals surface area contributed by atoms with Crippen LogP contribution in [0.2, 0.25) is 0 Å². The third-order valence-corrected chi connectivity index (χ3v) is 25.5. The van der Waals surface area contributed by atoms with E-state index in [1.54, 1.807) is 44.4 Å². The molecule has 3 aliphatic heterocycles. The monoisotopic (exact) mass is 1930 g/mol. The number of rotatable bonds is 52. The van der Waals surface area contributed by atoms with Crippen LogP contribution in [0.3, 0.4) is 0 Å². The van der Waals surface area contributed by atoms with E-state index in [-0.39, 0.29) is 113 Å². The summed E-state index contributed by atoms with van der Waals surface area (Å²) in [5.74, 6) is -21.3. The zero-order valence-electron chi connectivity index (χ0n) is 77.8. The molecule has 0 spiro atoms. The van der Waals surface area contributed by atoms with Gasteiger partial charge >= 0.3 is 0 Å². The number of phenolic OH excluding ortho intramolecular Hbond substituents is 1. The number of phenols is 1. The van der Waals surface area contributed by atoms with E-state index in [0.29, 0.717) is 64.5 Å². The highest BCUT2D eigenvalue weighted by Crippen LogP contribution is 2.35. The number of thioether (sulfide) groups is 1. The number of primary amides is 2. The number of imidazole rings is 1. The number of alkyl halides is 2. The molecule has 3 fully saturated rings. The summed E-state index contributed by atoms with van der Waals surface area (Å²) in [6.45, 7) is 5.06. The van der Waals surface area contributed by atoms with Gasteiger partial charge in [-0.2, -0.15) is 0 Å². The number of aliphatic hydroxyl groups is 2. The number of aromatic amines is 3. The maximum Gasteiger partial charge on any atom is 0.267 e. The molecule has 746 valence electrons. The number of aromatic hydroxyl groups is 1. The maximum atomic E-state index is 16.0. The Morgan fingerprint density at radius 3 is 1.77 bits per heavy atom. The van der Waals surface area contributed by atoms with Crippen LogP contribution in [0.15, 0.2) is 97.7 Å². The van der Waals surface area contributed by atoms with Gasteiger partial charge in [0.15, 0.2) is 5.78 Å². The highest BCUT2D eigenvalue weighted by atomic mass is 32.2. The lowest BCUT2D eigenvalue weighted by molar-refractivity contribution is -0.149. The van der Waals surface area contributed by atoms with E-state index in [9.17, 15) is 77.6 Å². The predicted octanol–water partition coefficient (Wildman–Crippen LogP) is -1.65. The molecule has 3 aromatic heterocycles. The van der Waals surface area contributed by atoms with Crippen LogP contribution >= 0.6 is 11.8 Å². The summed E-state index contributed by atoms with van der Waals surface area (Å²) < 4.78 is 32.1. The third-order valence-electron chi connectivity index (χ3n) is 24.5. The number of unbranched alkanes of at least 4 members (excludes halogenated alkanes) is 2. The van der Waals surface area contributed by atoms with Gasteiger partial charge in [-0.1, -0.05) is 102 Å². The minimum Gasteiger partial charge on any atom is -0.508 e. The number of H-pyrrole nitrogens is 3. The molecule has 3 aromatic carbocycles. The van der Waals surface area contributed by atoms with Crippen LogP contribution in [0.5, 0.6) is 5.75 Å². The minimum absolute atomic E-state index is 0.00834. The molecule has 45 heteroatoms. The van der Waals surface area contributed by atoms with Crippen molar-refractivity contribution in [3.8, 4) is 5.75 Å². The Hall–Kier alpha value is -13.0. The van der Waals surface area contributed by atoms with E-state index in [1.165, 1.54) is 67.6 Å². The molecule has 23 N–H and O–H groups in total. The molecule has 0 radical (unpaired) electrons. The number of aliphatic hydroxyl groups excluding tert-OH is 2. The number of likely N-dealkylation sites (tertiary alicyclic amines) is 3. The number of likely N-dealkylation sites (N-methyl/N-ethyl adjacent to an activating group) is 2. The molecule has 3 saturated heterocycles. The first-order chi connectivity index (χ1) is 65.1. The Balaban J connectivity index is 0.881. The number of hydrogen-bond acceptors (Lipinski definition) is 24. The van der Waals surface area contributed by atoms with E-state index in [1.807, 2.05) is 44.2 Å². The van der Waals surface area contributed by atoms with Gasteiger partial charge in [-0.25, -0.2) is 13.8 Å². The Labute approximate surface area is 794 Å². The number of para-hydroxylation sites is 2. The first kappa shape index (κ1) is 108. The Morgan fingerprint density at radius 2 is 1.16 bits per heavy atom. The van der Waals surface area contributed by atoms with E-state index in [0.717, 1.165) is 26.3 Å². The van der Waals surface area contributed by atoms with Gasteiger partial charge in [0.2, 0.25) is 94.5 Å². The first-order valence-corrected chi connectivity index (χ1v) is 47.1. The van der Waals surface area contributed by atoms with Crippen molar-refractivity contribution < 1.29 is 106 Å². The van der Waals surface area contributed by atoms with Crippen LogP contribution in [0.1, 0.15) is 147 Å². The predicted molar refractivity (Wildman–Crippen MR) is 498 cm³/mol. The molecule has 6 aromatic rings. The van der Waals surface area contributed by atoms with E-state index in [4.69, 9.17) is 22.9 Å². The lowest BCUT2D eigenvalue weighted by Gasteiger charge is -2.36. The highest BCUT2D eigenvalue weighted by molar-refractivity contribution is 8.00. The zero-order valence-corrected chi connectivity index (χ0v) is 78.6. The largest absolute Gasteiger partial charge is 0.508 e. The molecular weight excluding hydrogens is 1800 g/mol. The quantitative estimate of drug-likeness (QED) is 0.0203. The molecule has 0 saturated carbocycles. The summed E-state index contributed by atoms with van der Waals surface area (Å²) in [6, 6.07) is -1.38. The third kappa shape index (κ3) is 30.0. The molecule has 42 nitrogen and oxygen atoms in total. The number of nitrogens with two attached hydrogens (primary N) is 4. The van der Waals surface area contributed by atoms with Gasteiger partial charge in [-0.3, -0.25) is 81.5 Å². The lowest BCUT2D eigenvalue weighted by Crippen LogP contribution is -2.61. The SMILES string of the molecule is CCCC[C@@H](C(=O)N(C)[C@@H](CCCC)C(=O)N[C@@H](CCCN)C(=O)N[C@@H](CSCC(=O)N[C@@H](Cc1ccc(O)cc1)C(=O)N1CC(F)(F)C[C@H]1C(=O)N[C@@H](CC(N)=O)C(=O)N1CCC[C@H]1C(=O)N[C@@H](Cc1cnc[nH]1)C(=O)N[C@@H](CC(C)C)C(=O)N1C[C@H](O)C[C@H]1C(C)=O)C(=O)NCC(N)=O)N(C)C(=O)[C@H](Cc1c[nH]c2ccccc12)NC(=O)[C@H](CO)NC(=O)[C@@H](N)Cc1c[nH]c2ccccc12. The van der Waals surface area contributed by atoms with Crippen LogP contribution in [0.25, 0.3) is 21.8 Å². The van der Waals surface area contributed by atoms with Gasteiger partial charge in [-0.15, -0.1) is 11.8 Å². The molecule has 3 aliphatic rings. The van der Waals surface area contributed by atoms with Gasteiger partial charge in [0.25, 0.3) is 5.92 Å². The van der Waals surface area contributed by atoms with Crippen molar-refractivity contribution in [2.75, 3.05) is 64.9 Å². The van der Waals surface area contributed by atoms with Crippen molar-refractivity contribution in [2.45, 2.75) is 247 Å². The van der Waals surface area contributed by atoms with Crippen molar-refractivity contribution in [1.82, 2.24) is 92.3 Å². The van der Waals surface area contributed by atoms with Gasteiger partial charge < -0.3 is 126 Å². The van der Waals surface area contributed by atoms with Crippen molar-refractivity contribution in [3.63, 3.8) is 0 Å². The summed E-state index contributed by atoms with van der Waals surface area (Å²) in [6.07, 6.45) is 3.77. The number of aromatic nitrogens is 4. The molecule has 16 amide bonds. The summed E-state index contributed by atoms with van der Waals surface area (Å²) in [4.78, 5) is 260. The normalized spacial score (nSPS) is 18.1. The number of hydrogen-bond donors (Lipinski definition) is 19. The molecule has 0 unspecified atom stereocenters. The average molecular weight is 1930 g/mol. The number of halogens is 2. The fourth-order valence-corrected chi connectivity index (χ4v) is 18.1. The number of β-amino-alcohol motifs (C(OH)–C–C–N with tert-alkyl or cyclic N) is 1. The van der Waals surface area contributed by atoms with Crippen LogP contribution in [0.4, 0.5) is 8.78 Å². The van der Waals surface area contributed by atoms with E-state index in [2.05, 4.69) is 67.8 Å². The summed E-state index contributed by atoms with van der Waals surface area (Å²) in [7, 11) is 2.73. The van der Waals surface area contributed by atoms with E-state index >= 15 is 28.0 Å². The number of fused-ring (bicyclic) bond motifs is 2. The number of benzene rings is 3. The van der Waals surface area contributed by atoms with Crippen LogP contribution in [-0.4, -0.2) is 322 Å². The summed E-state index contributed by atoms with van der Waals surface area (Å²) >= 11 is 0.676. The van der Waals surface area contributed by atoms with Gasteiger partial charge in [0.05, 0.1) is 56.4 Å². The number of nitrogens with zero attached hydrogens (tertiary/aromatic N) is 6. The van der Waals surface area contributed by atoms with Gasteiger partial charge in [0.1, 0.15) is 78.3 Å². The second-order valence-electron chi connectivity index (χ2n) is 35.5. The minimum atomic E-state index is -3.83. The second-order valence-corrected chi connectivity index (χ2v) is 36.5. The molecular formula is C92H128F2N22O20S. The molecule has 9 rings (SSSR count). The van der Waals surface area contributed by atoms with Gasteiger partial charge in [-0.05, 0) is 112 Å². The number of carbonyl (C=O) groups is 17. The first-order valence-electron chi connectivity index (χ1n) is 45.9. The summed E-state index contributed by atoms with van der Waals surface area (Å²) in [5.41, 5.74) is 26.8. The van der Waals surface area contributed by atoms with E-state index < -0.39 is 242 Å². The molecule has 0 bridgehead atoms. The lowest BCUT2D eigenvalue weighted by atomic mass is 10.00. The topological polar surface area (TPSA) is 640 Å².